The minimum atomic E-state index is 0.571. The molecule has 0 amide bonds. The molecule has 0 aliphatic rings. The molecule has 3 nitrogen and oxygen atoms in total. The molecule has 0 N–H and O–H groups in total. The summed E-state index contributed by atoms with van der Waals surface area (Å²) in [6.07, 6.45) is 7.90. The van der Waals surface area contributed by atoms with Crippen LogP contribution < -0.4 is 14.2 Å². The highest BCUT2D eigenvalue weighted by Crippen LogP contribution is 2.42. The second kappa shape index (κ2) is 12.8. The summed E-state index contributed by atoms with van der Waals surface area (Å²) in [5, 5.41) is 2.11. The van der Waals surface area contributed by atoms with Crippen molar-refractivity contribution in [1.82, 2.24) is 0 Å². The van der Waals surface area contributed by atoms with Crippen LogP contribution in [0.5, 0.6) is 17.2 Å². The molecule has 0 spiro atoms. The van der Waals surface area contributed by atoms with Gasteiger partial charge in [-0.2, -0.15) is 0 Å². The normalized spacial score (nSPS) is 12.1. The van der Waals surface area contributed by atoms with E-state index in [1.165, 1.54) is 19.3 Å². The molecule has 28 heavy (non-hydrogen) atoms. The number of unbranched alkanes of at least 4 members (excludes halogenated alkanes) is 3. The van der Waals surface area contributed by atoms with Gasteiger partial charge in [0, 0.05) is 22.7 Å². The Balaban J connectivity index is 2.20. The molecule has 156 valence electrons. The van der Waals surface area contributed by atoms with Crippen molar-refractivity contribution in [3.8, 4) is 17.2 Å². The molecule has 1 unspecified atom stereocenters. The largest absolute Gasteiger partial charge is 0.493 e. The van der Waals surface area contributed by atoms with E-state index in [1.54, 1.807) is 7.11 Å². The molecule has 0 aliphatic heterocycles. The number of benzene rings is 2. The molecule has 0 heterocycles. The molecule has 1 atom stereocenters. The van der Waals surface area contributed by atoms with Gasteiger partial charge in [-0.15, -0.1) is 11.6 Å². The first-order valence-corrected chi connectivity index (χ1v) is 11.2. The third-order valence-corrected chi connectivity index (χ3v) is 5.45. The fourth-order valence-corrected chi connectivity index (χ4v) is 3.55. The number of methoxy groups -OCH3 is 1. The van der Waals surface area contributed by atoms with Crippen LogP contribution in [-0.2, 0) is 0 Å². The SMILES string of the molecule is CCCCC(CC)COc1c(OC)cc(OCCCCCCl)c2ccccc12. The third-order valence-electron chi connectivity index (χ3n) is 5.19. The fourth-order valence-electron chi connectivity index (χ4n) is 3.37. The third kappa shape index (κ3) is 6.48. The van der Waals surface area contributed by atoms with E-state index in [-0.39, 0.29) is 0 Å². The molecular weight excluding hydrogens is 372 g/mol. The van der Waals surface area contributed by atoms with Crippen LogP contribution in [-0.4, -0.2) is 26.2 Å². The standard InChI is InChI=1S/C24H35ClO3/c1-4-6-12-19(5-2)18-28-24-21-14-9-8-13-20(21)22(17-23(24)26-3)27-16-11-7-10-15-25/h8-9,13-14,17,19H,4-7,10-12,15-16,18H2,1-3H3. The Morgan fingerprint density at radius 1 is 0.929 bits per heavy atom. The topological polar surface area (TPSA) is 27.7 Å². The maximum Gasteiger partial charge on any atom is 0.169 e. The lowest BCUT2D eigenvalue weighted by Crippen LogP contribution is -2.12. The summed E-state index contributed by atoms with van der Waals surface area (Å²) in [5.41, 5.74) is 0. The van der Waals surface area contributed by atoms with Crippen LogP contribution in [0.1, 0.15) is 58.8 Å². The number of ether oxygens (including phenoxy) is 3. The number of halogens is 1. The number of hydrogen-bond donors (Lipinski definition) is 0. The zero-order valence-electron chi connectivity index (χ0n) is 17.6. The van der Waals surface area contributed by atoms with E-state index in [9.17, 15) is 0 Å². The highest BCUT2D eigenvalue weighted by Gasteiger charge is 2.16. The van der Waals surface area contributed by atoms with Crippen LogP contribution in [0.3, 0.4) is 0 Å². The van der Waals surface area contributed by atoms with Gasteiger partial charge in [-0.3, -0.25) is 0 Å². The van der Waals surface area contributed by atoms with E-state index in [0.717, 1.165) is 60.3 Å². The molecule has 0 radical (unpaired) electrons. The van der Waals surface area contributed by atoms with Crippen molar-refractivity contribution in [1.29, 1.82) is 0 Å². The van der Waals surface area contributed by atoms with Gasteiger partial charge in [-0.25, -0.2) is 0 Å². The quantitative estimate of drug-likeness (QED) is 0.244. The molecule has 0 fully saturated rings. The van der Waals surface area contributed by atoms with Crippen molar-refractivity contribution in [3.63, 3.8) is 0 Å². The molecule has 4 heteroatoms. The number of alkyl halides is 1. The predicted octanol–water partition coefficient (Wildman–Crippen LogP) is 7.23. The molecule has 2 aromatic rings. The van der Waals surface area contributed by atoms with Gasteiger partial charge in [0.15, 0.2) is 11.5 Å². The average molecular weight is 407 g/mol. The number of fused-ring (bicyclic) bond motifs is 1. The van der Waals surface area contributed by atoms with Gasteiger partial charge in [0.1, 0.15) is 5.75 Å². The molecular formula is C24H35ClO3. The summed E-state index contributed by atoms with van der Waals surface area (Å²) < 4.78 is 18.1. The van der Waals surface area contributed by atoms with Gasteiger partial charge >= 0.3 is 0 Å². The lowest BCUT2D eigenvalue weighted by atomic mass is 10.0. The predicted molar refractivity (Wildman–Crippen MR) is 119 cm³/mol. The fraction of sp³-hybridized carbons (Fsp3) is 0.583. The van der Waals surface area contributed by atoms with Gasteiger partial charge in [-0.05, 0) is 31.6 Å². The van der Waals surface area contributed by atoms with E-state index in [1.807, 2.05) is 18.2 Å². The van der Waals surface area contributed by atoms with Crippen molar-refractivity contribution in [3.05, 3.63) is 30.3 Å². The van der Waals surface area contributed by atoms with Gasteiger partial charge in [-0.1, -0.05) is 57.4 Å². The highest BCUT2D eigenvalue weighted by molar-refractivity contribution is 6.17. The van der Waals surface area contributed by atoms with Crippen LogP contribution in [0, 0.1) is 5.92 Å². The van der Waals surface area contributed by atoms with Crippen LogP contribution in [0.15, 0.2) is 30.3 Å². The first-order valence-electron chi connectivity index (χ1n) is 10.7. The molecule has 2 rings (SSSR count). The van der Waals surface area contributed by atoms with Gasteiger partial charge < -0.3 is 14.2 Å². The molecule has 2 aromatic carbocycles. The van der Waals surface area contributed by atoms with Gasteiger partial charge in [0.2, 0.25) is 0 Å². The Bertz CT molecular complexity index is 702. The van der Waals surface area contributed by atoms with Gasteiger partial charge in [0.05, 0.1) is 20.3 Å². The molecule has 0 saturated carbocycles. The zero-order chi connectivity index (χ0) is 20.2. The Hall–Kier alpha value is -1.61. The smallest absolute Gasteiger partial charge is 0.169 e. The lowest BCUT2D eigenvalue weighted by molar-refractivity contribution is 0.226. The van der Waals surface area contributed by atoms with Crippen molar-refractivity contribution in [2.45, 2.75) is 58.8 Å². The monoisotopic (exact) mass is 406 g/mol. The maximum absolute atomic E-state index is 6.31. The maximum atomic E-state index is 6.31. The van der Waals surface area contributed by atoms with E-state index >= 15 is 0 Å². The summed E-state index contributed by atoms with van der Waals surface area (Å²) in [5.74, 6) is 3.69. The van der Waals surface area contributed by atoms with Crippen molar-refractivity contribution < 1.29 is 14.2 Å². The Morgan fingerprint density at radius 2 is 1.71 bits per heavy atom. The summed E-state index contributed by atoms with van der Waals surface area (Å²) in [4.78, 5) is 0. The Kier molecular flexibility index (Phi) is 10.3. The average Bonchev–Trinajstić information content (AvgIpc) is 2.74. The number of hydrogen-bond acceptors (Lipinski definition) is 3. The van der Waals surface area contributed by atoms with Crippen molar-refractivity contribution in [2.24, 2.45) is 5.92 Å². The Labute approximate surface area is 175 Å². The minimum absolute atomic E-state index is 0.571. The minimum Gasteiger partial charge on any atom is -0.493 e. The summed E-state index contributed by atoms with van der Waals surface area (Å²) in [7, 11) is 1.69. The number of rotatable bonds is 14. The summed E-state index contributed by atoms with van der Waals surface area (Å²) in [6.45, 7) is 5.87. The van der Waals surface area contributed by atoms with Crippen LogP contribution in [0.2, 0.25) is 0 Å². The van der Waals surface area contributed by atoms with Crippen molar-refractivity contribution >= 4 is 22.4 Å². The first-order chi connectivity index (χ1) is 13.7. The lowest BCUT2D eigenvalue weighted by Gasteiger charge is -2.20. The molecule has 0 saturated heterocycles. The molecule has 0 bridgehead atoms. The highest BCUT2D eigenvalue weighted by atomic mass is 35.5. The molecule has 0 aliphatic carbocycles. The first kappa shape index (κ1) is 22.7. The second-order valence-corrected chi connectivity index (χ2v) is 7.66. The summed E-state index contributed by atoms with van der Waals surface area (Å²) >= 11 is 5.75. The van der Waals surface area contributed by atoms with Crippen molar-refractivity contribution in [2.75, 3.05) is 26.2 Å². The van der Waals surface area contributed by atoms with Crippen LogP contribution in [0.4, 0.5) is 0 Å². The van der Waals surface area contributed by atoms with Crippen LogP contribution in [0.25, 0.3) is 10.8 Å². The van der Waals surface area contributed by atoms with E-state index in [2.05, 4.69) is 26.0 Å². The second-order valence-electron chi connectivity index (χ2n) is 7.28. The molecule has 0 aromatic heterocycles. The van der Waals surface area contributed by atoms with Gasteiger partial charge in [0.25, 0.3) is 0 Å². The van der Waals surface area contributed by atoms with E-state index in [0.29, 0.717) is 18.4 Å². The van der Waals surface area contributed by atoms with E-state index in [4.69, 9.17) is 25.8 Å². The van der Waals surface area contributed by atoms with Crippen LogP contribution >= 0.6 is 11.6 Å². The Morgan fingerprint density at radius 3 is 2.39 bits per heavy atom. The summed E-state index contributed by atoms with van der Waals surface area (Å²) in [6, 6.07) is 10.2. The zero-order valence-corrected chi connectivity index (χ0v) is 18.4. The van der Waals surface area contributed by atoms with E-state index < -0.39 is 0 Å².